The summed E-state index contributed by atoms with van der Waals surface area (Å²) in [6.07, 6.45) is 0.431. The Morgan fingerprint density at radius 1 is 1.50 bits per heavy atom. The van der Waals surface area contributed by atoms with Gasteiger partial charge in [0.15, 0.2) is 11.6 Å². The summed E-state index contributed by atoms with van der Waals surface area (Å²) in [7, 11) is 1.45. The molecule has 112 valence electrons. The van der Waals surface area contributed by atoms with Crippen molar-refractivity contribution in [2.24, 2.45) is 10.9 Å². The molecule has 0 aliphatic heterocycles. The van der Waals surface area contributed by atoms with Crippen LogP contribution in [0.15, 0.2) is 23.4 Å². The van der Waals surface area contributed by atoms with Crippen LogP contribution in [0.3, 0.4) is 0 Å². The molecule has 0 aliphatic rings. The molecule has 0 atom stereocenters. The maximum absolute atomic E-state index is 14.1. The Kier molecular flexibility index (Phi) is 6.24. The second-order valence-corrected chi connectivity index (χ2v) is 4.84. The van der Waals surface area contributed by atoms with E-state index in [1.807, 2.05) is 13.8 Å². The van der Waals surface area contributed by atoms with E-state index in [0.29, 0.717) is 25.1 Å². The number of hydrogen-bond donors (Lipinski definition) is 2. The fourth-order valence-corrected chi connectivity index (χ4v) is 1.88. The number of oxime groups is 1. The van der Waals surface area contributed by atoms with Crippen molar-refractivity contribution in [3.8, 4) is 5.75 Å². The normalized spacial score (nSPS) is 12.2. The average molecular weight is 283 g/mol. The Balaban J connectivity index is 2.80. The molecule has 0 aromatic heterocycles. The molecule has 1 aromatic carbocycles. The van der Waals surface area contributed by atoms with Crippen LogP contribution in [0.25, 0.3) is 0 Å². The zero-order chi connectivity index (χ0) is 15.1. The van der Waals surface area contributed by atoms with Crippen LogP contribution in [0.1, 0.15) is 25.8 Å². The molecule has 0 saturated heterocycles. The first-order valence-electron chi connectivity index (χ1n) is 6.51. The van der Waals surface area contributed by atoms with Gasteiger partial charge in [0.05, 0.1) is 7.11 Å². The molecule has 1 rings (SSSR count). The van der Waals surface area contributed by atoms with Crippen LogP contribution in [-0.2, 0) is 6.54 Å². The highest BCUT2D eigenvalue weighted by atomic mass is 19.1. The van der Waals surface area contributed by atoms with Gasteiger partial charge in [-0.25, -0.2) is 4.39 Å². The Morgan fingerprint density at radius 2 is 2.20 bits per heavy atom. The number of nitrogens with zero attached hydrogens (tertiary/aromatic N) is 2. The Hall–Kier alpha value is -1.82. The Bertz CT molecular complexity index is 464. The van der Waals surface area contributed by atoms with Gasteiger partial charge in [0, 0.05) is 31.1 Å². The third kappa shape index (κ3) is 4.38. The van der Waals surface area contributed by atoms with Gasteiger partial charge in [-0.05, 0) is 19.9 Å². The van der Waals surface area contributed by atoms with Crippen LogP contribution >= 0.6 is 0 Å². The number of halogens is 1. The third-order valence-electron chi connectivity index (χ3n) is 3.15. The van der Waals surface area contributed by atoms with Gasteiger partial charge >= 0.3 is 0 Å². The van der Waals surface area contributed by atoms with Gasteiger partial charge in [0.2, 0.25) is 0 Å². The lowest BCUT2D eigenvalue weighted by molar-refractivity contribution is 0.214. The molecule has 0 saturated carbocycles. The quantitative estimate of drug-likeness (QED) is 0.348. The first kappa shape index (κ1) is 16.2. The Morgan fingerprint density at radius 3 is 2.75 bits per heavy atom. The van der Waals surface area contributed by atoms with Crippen molar-refractivity contribution in [3.05, 3.63) is 29.6 Å². The number of rotatable bonds is 7. The number of benzene rings is 1. The summed E-state index contributed by atoms with van der Waals surface area (Å²) in [4.78, 5) is 2.05. The maximum Gasteiger partial charge on any atom is 0.169 e. The summed E-state index contributed by atoms with van der Waals surface area (Å²) in [5.41, 5.74) is 6.04. The van der Waals surface area contributed by atoms with Crippen molar-refractivity contribution in [2.45, 2.75) is 32.9 Å². The van der Waals surface area contributed by atoms with Crippen LogP contribution in [-0.4, -0.2) is 35.6 Å². The van der Waals surface area contributed by atoms with Crippen molar-refractivity contribution in [3.63, 3.8) is 0 Å². The molecule has 1 aromatic rings. The smallest absolute Gasteiger partial charge is 0.169 e. The fraction of sp³-hybridized carbons (Fsp3) is 0.500. The predicted molar refractivity (Wildman–Crippen MR) is 76.5 cm³/mol. The van der Waals surface area contributed by atoms with Gasteiger partial charge in [-0.1, -0.05) is 17.3 Å². The Labute approximate surface area is 118 Å². The van der Waals surface area contributed by atoms with Gasteiger partial charge in [0.25, 0.3) is 0 Å². The molecule has 0 radical (unpaired) electrons. The van der Waals surface area contributed by atoms with E-state index in [2.05, 4.69) is 10.1 Å². The van der Waals surface area contributed by atoms with Crippen molar-refractivity contribution in [2.75, 3.05) is 13.7 Å². The van der Waals surface area contributed by atoms with Crippen molar-refractivity contribution >= 4 is 5.84 Å². The highest BCUT2D eigenvalue weighted by Gasteiger charge is 2.15. The molecule has 5 nitrogen and oxygen atoms in total. The SMILES string of the molecule is COc1cccc(CN(CC/C(N)=N/O)C(C)C)c1F. The van der Waals surface area contributed by atoms with E-state index in [0.717, 1.165) is 0 Å². The molecule has 6 heteroatoms. The van der Waals surface area contributed by atoms with Crippen LogP contribution in [0.4, 0.5) is 4.39 Å². The zero-order valence-corrected chi connectivity index (χ0v) is 12.1. The lowest BCUT2D eigenvalue weighted by atomic mass is 10.1. The van der Waals surface area contributed by atoms with Crippen molar-refractivity contribution in [1.29, 1.82) is 0 Å². The van der Waals surface area contributed by atoms with E-state index in [-0.39, 0.29) is 23.4 Å². The first-order valence-corrected chi connectivity index (χ1v) is 6.51. The second kappa shape index (κ2) is 7.69. The van der Waals surface area contributed by atoms with Gasteiger partial charge in [-0.3, -0.25) is 4.90 Å². The monoisotopic (exact) mass is 283 g/mol. The van der Waals surface area contributed by atoms with E-state index in [9.17, 15) is 4.39 Å². The molecule has 3 N–H and O–H groups in total. The molecule has 0 aliphatic carbocycles. The van der Waals surface area contributed by atoms with Crippen LogP contribution < -0.4 is 10.5 Å². The van der Waals surface area contributed by atoms with Crippen LogP contribution in [0.2, 0.25) is 0 Å². The number of hydrogen-bond acceptors (Lipinski definition) is 4. The van der Waals surface area contributed by atoms with E-state index >= 15 is 0 Å². The molecule has 0 unspecified atom stereocenters. The number of methoxy groups -OCH3 is 1. The van der Waals surface area contributed by atoms with E-state index in [1.54, 1.807) is 18.2 Å². The summed E-state index contributed by atoms with van der Waals surface area (Å²) in [5, 5.41) is 11.5. The van der Waals surface area contributed by atoms with Crippen LogP contribution in [0, 0.1) is 5.82 Å². The molecule has 0 fully saturated rings. The van der Waals surface area contributed by atoms with Crippen molar-refractivity contribution < 1.29 is 14.3 Å². The fourth-order valence-electron chi connectivity index (χ4n) is 1.88. The molecular formula is C14H22FN3O2. The minimum Gasteiger partial charge on any atom is -0.494 e. The minimum absolute atomic E-state index is 0.168. The first-order chi connectivity index (χ1) is 9.49. The summed E-state index contributed by atoms with van der Waals surface area (Å²) in [5.74, 6) is 0.0638. The molecule has 0 amide bonds. The topological polar surface area (TPSA) is 71.1 Å². The number of ether oxygens (including phenoxy) is 1. The van der Waals surface area contributed by atoms with E-state index < -0.39 is 0 Å². The standard InChI is InChI=1S/C14H22FN3O2/c1-10(2)18(8-7-13(16)17-19)9-11-5-4-6-12(20-3)14(11)15/h4-6,10,19H,7-9H2,1-3H3,(H2,16,17). The number of amidine groups is 1. The van der Waals surface area contributed by atoms with Gasteiger partial charge in [0.1, 0.15) is 5.84 Å². The molecular weight excluding hydrogens is 261 g/mol. The maximum atomic E-state index is 14.1. The largest absolute Gasteiger partial charge is 0.494 e. The summed E-state index contributed by atoms with van der Waals surface area (Å²) < 4.78 is 19.1. The minimum atomic E-state index is -0.343. The zero-order valence-electron chi connectivity index (χ0n) is 12.1. The molecule has 0 bridgehead atoms. The van der Waals surface area contributed by atoms with Crippen molar-refractivity contribution in [1.82, 2.24) is 4.90 Å². The lowest BCUT2D eigenvalue weighted by Gasteiger charge is -2.26. The predicted octanol–water partition coefficient (Wildman–Crippen LogP) is 2.18. The lowest BCUT2D eigenvalue weighted by Crippen LogP contribution is -2.33. The van der Waals surface area contributed by atoms with Gasteiger partial charge in [-0.15, -0.1) is 0 Å². The third-order valence-corrected chi connectivity index (χ3v) is 3.15. The summed E-state index contributed by atoms with van der Waals surface area (Å²) >= 11 is 0. The van der Waals surface area contributed by atoms with Gasteiger partial charge in [-0.2, -0.15) is 0 Å². The van der Waals surface area contributed by atoms with E-state index in [4.69, 9.17) is 15.7 Å². The van der Waals surface area contributed by atoms with E-state index in [1.165, 1.54) is 7.11 Å². The van der Waals surface area contributed by atoms with Gasteiger partial charge < -0.3 is 15.7 Å². The summed E-state index contributed by atoms with van der Waals surface area (Å²) in [6, 6.07) is 5.30. The second-order valence-electron chi connectivity index (χ2n) is 4.84. The van der Waals surface area contributed by atoms with Crippen LogP contribution in [0.5, 0.6) is 5.75 Å². The molecule has 0 spiro atoms. The average Bonchev–Trinajstić information content (AvgIpc) is 2.44. The highest BCUT2D eigenvalue weighted by Crippen LogP contribution is 2.21. The molecule has 20 heavy (non-hydrogen) atoms. The summed E-state index contributed by atoms with van der Waals surface area (Å²) in [6.45, 7) is 5.07. The molecule has 0 heterocycles. The highest BCUT2D eigenvalue weighted by molar-refractivity contribution is 5.79. The number of nitrogens with two attached hydrogens (primary N) is 1.